The summed E-state index contributed by atoms with van der Waals surface area (Å²) < 4.78 is 0. The van der Waals surface area contributed by atoms with E-state index in [4.69, 9.17) is 0 Å². The van der Waals surface area contributed by atoms with Crippen LogP contribution in [0.15, 0.2) is 48.6 Å². The van der Waals surface area contributed by atoms with Crippen molar-refractivity contribution < 1.29 is 4.79 Å². The summed E-state index contributed by atoms with van der Waals surface area (Å²) in [6.07, 6.45) is 12.2. The van der Waals surface area contributed by atoms with Gasteiger partial charge >= 0.3 is 0 Å². The molecule has 0 saturated carbocycles. The number of likely N-dealkylation sites (tertiary alicyclic amines) is 2. The minimum absolute atomic E-state index is 0.222. The summed E-state index contributed by atoms with van der Waals surface area (Å²) in [5.41, 5.74) is 8.00. The standard InChI is InChI=1S/C34H49N3O/c1-8-10-29(21-25(6)24(5)9-2)34-33(23(3)4)31-22-28(11-12-32(31)35-34)27-13-17-37(18-14-27)30-15-19-36(20-16-30)26(7)38/h8,10-12,21-24,27,30,35H,1,9,13-20H2,2-7H3/b25-21-,29-10+. The van der Waals surface area contributed by atoms with Gasteiger partial charge in [-0.3, -0.25) is 4.79 Å². The molecule has 1 unspecified atom stereocenters. The molecule has 0 aliphatic carbocycles. The number of nitrogens with zero attached hydrogens (tertiary/aromatic N) is 2. The first-order valence-corrected chi connectivity index (χ1v) is 14.9. The molecule has 1 aromatic heterocycles. The van der Waals surface area contributed by atoms with E-state index in [9.17, 15) is 4.79 Å². The van der Waals surface area contributed by atoms with Crippen molar-refractivity contribution in [2.75, 3.05) is 26.2 Å². The highest BCUT2D eigenvalue weighted by atomic mass is 16.2. The van der Waals surface area contributed by atoms with E-state index in [1.807, 2.05) is 11.0 Å². The number of hydrogen-bond donors (Lipinski definition) is 1. The van der Waals surface area contributed by atoms with Crippen LogP contribution in [0.4, 0.5) is 0 Å². The maximum atomic E-state index is 11.7. The summed E-state index contributed by atoms with van der Waals surface area (Å²) in [5, 5.41) is 1.37. The van der Waals surface area contributed by atoms with Gasteiger partial charge in [0.2, 0.25) is 5.91 Å². The first kappa shape index (κ1) is 28.4. The van der Waals surface area contributed by atoms with Crippen LogP contribution in [-0.2, 0) is 4.79 Å². The predicted molar refractivity (Wildman–Crippen MR) is 163 cm³/mol. The molecule has 1 atom stereocenters. The molecule has 206 valence electrons. The van der Waals surface area contributed by atoms with Crippen molar-refractivity contribution in [3.63, 3.8) is 0 Å². The summed E-state index contributed by atoms with van der Waals surface area (Å²) in [7, 11) is 0. The number of amides is 1. The number of nitrogens with one attached hydrogen (secondary N) is 1. The van der Waals surface area contributed by atoms with Crippen LogP contribution in [0.2, 0.25) is 0 Å². The molecule has 2 fully saturated rings. The number of H-pyrrole nitrogens is 1. The number of carbonyl (C=O) groups is 1. The highest BCUT2D eigenvalue weighted by Crippen LogP contribution is 2.38. The molecule has 4 rings (SSSR count). The molecule has 4 nitrogen and oxygen atoms in total. The molecule has 0 radical (unpaired) electrons. The fraction of sp³-hybridized carbons (Fsp3) is 0.559. The number of allylic oxidation sites excluding steroid dienone is 5. The maximum absolute atomic E-state index is 11.7. The average Bonchev–Trinajstić information content (AvgIpc) is 3.31. The Labute approximate surface area is 230 Å². The number of carbonyl (C=O) groups excluding carboxylic acids is 1. The van der Waals surface area contributed by atoms with Crippen molar-refractivity contribution in [1.29, 1.82) is 0 Å². The second kappa shape index (κ2) is 12.5. The molecule has 2 aliphatic rings. The van der Waals surface area contributed by atoms with Gasteiger partial charge in [0.1, 0.15) is 0 Å². The van der Waals surface area contributed by atoms with Gasteiger partial charge in [-0.15, -0.1) is 0 Å². The largest absolute Gasteiger partial charge is 0.354 e. The fourth-order valence-corrected chi connectivity index (χ4v) is 6.50. The molecule has 2 saturated heterocycles. The monoisotopic (exact) mass is 515 g/mol. The second-order valence-corrected chi connectivity index (χ2v) is 12.0. The Balaban J connectivity index is 1.55. The van der Waals surface area contributed by atoms with Gasteiger partial charge in [0.15, 0.2) is 0 Å². The Morgan fingerprint density at radius 1 is 1.08 bits per heavy atom. The van der Waals surface area contributed by atoms with Crippen molar-refractivity contribution >= 4 is 22.4 Å². The van der Waals surface area contributed by atoms with Crippen LogP contribution in [-0.4, -0.2) is 52.9 Å². The molecule has 4 heteroatoms. The van der Waals surface area contributed by atoms with Crippen molar-refractivity contribution in [3.8, 4) is 0 Å². The van der Waals surface area contributed by atoms with E-state index in [0.717, 1.165) is 45.4 Å². The molecule has 2 aromatic rings. The number of aromatic amines is 1. The van der Waals surface area contributed by atoms with E-state index in [1.165, 1.54) is 51.7 Å². The fourth-order valence-electron chi connectivity index (χ4n) is 6.50. The Kier molecular flexibility index (Phi) is 9.36. The van der Waals surface area contributed by atoms with E-state index in [2.05, 4.69) is 81.4 Å². The number of benzene rings is 1. The Hall–Kier alpha value is -2.59. The van der Waals surface area contributed by atoms with Crippen LogP contribution in [0.3, 0.4) is 0 Å². The van der Waals surface area contributed by atoms with Crippen LogP contribution in [0, 0.1) is 5.92 Å². The SMILES string of the molecule is C=C/C=C(\C=C(\C)C(C)CC)c1[nH]c2ccc(C3CCN(C4CCN(C(C)=O)CC4)CC3)cc2c1C(C)C. The number of rotatable bonds is 8. The summed E-state index contributed by atoms with van der Waals surface area (Å²) in [6, 6.07) is 7.78. The lowest BCUT2D eigenvalue weighted by Gasteiger charge is -2.41. The third kappa shape index (κ3) is 6.17. The summed E-state index contributed by atoms with van der Waals surface area (Å²) in [6.45, 7) is 21.3. The molecule has 1 aromatic carbocycles. The van der Waals surface area contributed by atoms with Crippen LogP contribution < -0.4 is 0 Å². The van der Waals surface area contributed by atoms with Gasteiger partial charge in [0.25, 0.3) is 0 Å². The van der Waals surface area contributed by atoms with Gasteiger partial charge in [0.05, 0.1) is 0 Å². The number of hydrogen-bond acceptors (Lipinski definition) is 2. The second-order valence-electron chi connectivity index (χ2n) is 12.0. The summed E-state index contributed by atoms with van der Waals surface area (Å²) in [4.78, 5) is 20.2. The zero-order chi connectivity index (χ0) is 27.4. The summed E-state index contributed by atoms with van der Waals surface area (Å²) in [5.74, 6) is 1.82. The smallest absolute Gasteiger partial charge is 0.219 e. The van der Waals surface area contributed by atoms with Crippen molar-refractivity contribution in [1.82, 2.24) is 14.8 Å². The highest BCUT2D eigenvalue weighted by Gasteiger charge is 2.29. The molecule has 38 heavy (non-hydrogen) atoms. The van der Waals surface area contributed by atoms with Gasteiger partial charge in [-0.2, -0.15) is 0 Å². The molecular formula is C34H49N3O. The third-order valence-electron chi connectivity index (χ3n) is 9.23. The van der Waals surface area contributed by atoms with Gasteiger partial charge in [-0.1, -0.05) is 64.1 Å². The number of fused-ring (bicyclic) bond motifs is 1. The zero-order valence-corrected chi connectivity index (χ0v) is 24.6. The van der Waals surface area contributed by atoms with Gasteiger partial charge < -0.3 is 14.8 Å². The first-order valence-electron chi connectivity index (χ1n) is 14.9. The predicted octanol–water partition coefficient (Wildman–Crippen LogP) is 8.04. The van der Waals surface area contributed by atoms with Gasteiger partial charge in [0, 0.05) is 42.7 Å². The van der Waals surface area contributed by atoms with Gasteiger partial charge in [-0.25, -0.2) is 0 Å². The van der Waals surface area contributed by atoms with Crippen molar-refractivity contribution in [2.45, 2.75) is 91.5 Å². The molecule has 1 N–H and O–H groups in total. The quantitative estimate of drug-likeness (QED) is 0.361. The third-order valence-corrected chi connectivity index (χ3v) is 9.23. The Bertz CT molecular complexity index is 1180. The van der Waals surface area contributed by atoms with E-state index in [0.29, 0.717) is 23.8 Å². The van der Waals surface area contributed by atoms with Crippen LogP contribution in [0.25, 0.3) is 16.5 Å². The molecule has 2 aliphatic heterocycles. The first-order chi connectivity index (χ1) is 18.2. The Morgan fingerprint density at radius 3 is 2.34 bits per heavy atom. The lowest BCUT2D eigenvalue weighted by molar-refractivity contribution is -0.130. The topological polar surface area (TPSA) is 39.3 Å². The molecule has 1 amide bonds. The van der Waals surface area contributed by atoms with Crippen molar-refractivity contribution in [2.24, 2.45) is 5.92 Å². The van der Waals surface area contributed by atoms with Gasteiger partial charge in [-0.05, 0) is 98.7 Å². The van der Waals surface area contributed by atoms with Crippen LogP contribution >= 0.6 is 0 Å². The minimum Gasteiger partial charge on any atom is -0.354 e. The normalized spacial score (nSPS) is 19.9. The van der Waals surface area contributed by atoms with E-state index in [-0.39, 0.29) is 5.91 Å². The maximum Gasteiger partial charge on any atom is 0.219 e. The molecule has 0 bridgehead atoms. The lowest BCUT2D eigenvalue weighted by atomic mass is 9.86. The number of aromatic nitrogens is 1. The zero-order valence-electron chi connectivity index (χ0n) is 24.6. The van der Waals surface area contributed by atoms with E-state index >= 15 is 0 Å². The van der Waals surface area contributed by atoms with Crippen LogP contribution in [0.5, 0.6) is 0 Å². The number of piperidine rings is 2. The van der Waals surface area contributed by atoms with E-state index < -0.39 is 0 Å². The van der Waals surface area contributed by atoms with Crippen molar-refractivity contribution in [3.05, 3.63) is 65.4 Å². The minimum atomic E-state index is 0.222. The molecule has 3 heterocycles. The summed E-state index contributed by atoms with van der Waals surface area (Å²) >= 11 is 0. The van der Waals surface area contributed by atoms with Crippen LogP contribution in [0.1, 0.15) is 102 Å². The Morgan fingerprint density at radius 2 is 1.76 bits per heavy atom. The lowest BCUT2D eigenvalue weighted by Crippen LogP contribution is -2.48. The highest BCUT2D eigenvalue weighted by molar-refractivity contribution is 5.92. The van der Waals surface area contributed by atoms with E-state index in [1.54, 1.807) is 6.92 Å². The average molecular weight is 516 g/mol. The molecular weight excluding hydrogens is 466 g/mol. The molecule has 0 spiro atoms.